The molecule has 0 unspecified atom stereocenters. The zero-order chi connectivity index (χ0) is 18.4. The first-order valence-electron chi connectivity index (χ1n) is 8.12. The Morgan fingerprint density at radius 1 is 1.24 bits per heavy atom. The van der Waals surface area contributed by atoms with Crippen LogP contribution in [-0.4, -0.2) is 51.9 Å². The van der Waals surface area contributed by atoms with Crippen molar-refractivity contribution in [3.8, 4) is 11.4 Å². The third kappa shape index (κ3) is 5.07. The largest absolute Gasteiger partial charge is 0.497 e. The predicted molar refractivity (Wildman–Crippen MR) is 93.1 cm³/mol. The Hall–Kier alpha value is -2.83. The second kappa shape index (κ2) is 8.32. The fourth-order valence-corrected chi connectivity index (χ4v) is 2.43. The Balaban J connectivity index is 2.16. The molecule has 0 aliphatic carbocycles. The summed E-state index contributed by atoms with van der Waals surface area (Å²) >= 11 is 0. The van der Waals surface area contributed by atoms with Crippen LogP contribution in [0.2, 0.25) is 0 Å². The van der Waals surface area contributed by atoms with E-state index in [0.717, 1.165) is 11.4 Å². The van der Waals surface area contributed by atoms with Gasteiger partial charge in [0.05, 0.1) is 19.2 Å². The predicted octanol–water partition coefficient (Wildman–Crippen LogP) is 2.45. The lowest BCUT2D eigenvalue weighted by molar-refractivity contribution is -0.137. The minimum atomic E-state index is -0.926. The maximum atomic E-state index is 12.7. The van der Waals surface area contributed by atoms with Gasteiger partial charge in [0.1, 0.15) is 5.75 Å². The summed E-state index contributed by atoms with van der Waals surface area (Å²) in [5.41, 5.74) is 1.10. The molecule has 0 aliphatic heterocycles. The normalized spacial score (nSPS) is 10.7. The second-order valence-electron chi connectivity index (χ2n) is 6.13. The number of methoxy groups -OCH3 is 1. The van der Waals surface area contributed by atoms with Gasteiger partial charge in [0.2, 0.25) is 0 Å². The Labute approximate surface area is 146 Å². The summed E-state index contributed by atoms with van der Waals surface area (Å²) in [5.74, 6) is -0.210. The van der Waals surface area contributed by atoms with Gasteiger partial charge < -0.3 is 14.7 Å². The maximum Gasteiger partial charge on any atom is 0.305 e. The molecule has 7 nitrogen and oxygen atoms in total. The smallest absolute Gasteiger partial charge is 0.305 e. The lowest BCUT2D eigenvalue weighted by Gasteiger charge is -2.23. The van der Waals surface area contributed by atoms with Crippen LogP contribution in [-0.2, 0) is 4.79 Å². The van der Waals surface area contributed by atoms with E-state index in [0.29, 0.717) is 12.2 Å². The SMILES string of the molecule is COc1ccc(-n2ccc(C(=O)N(CCC(=O)O)CC(C)C)n2)cc1. The third-order valence-corrected chi connectivity index (χ3v) is 3.61. The number of aliphatic carboxylic acids is 1. The first-order valence-corrected chi connectivity index (χ1v) is 8.12. The first kappa shape index (κ1) is 18.5. The van der Waals surface area contributed by atoms with E-state index < -0.39 is 5.97 Å². The van der Waals surface area contributed by atoms with Crippen molar-refractivity contribution >= 4 is 11.9 Å². The van der Waals surface area contributed by atoms with Crippen molar-refractivity contribution in [3.05, 3.63) is 42.2 Å². The van der Waals surface area contributed by atoms with Crippen molar-refractivity contribution < 1.29 is 19.4 Å². The van der Waals surface area contributed by atoms with Gasteiger partial charge >= 0.3 is 5.97 Å². The standard InChI is InChI=1S/C18H23N3O4/c1-13(2)12-20(10-9-17(22)23)18(24)16-8-11-21(19-16)14-4-6-15(25-3)7-5-14/h4-8,11,13H,9-10,12H2,1-3H3,(H,22,23). The van der Waals surface area contributed by atoms with Crippen LogP contribution < -0.4 is 4.74 Å². The summed E-state index contributed by atoms with van der Waals surface area (Å²) in [5, 5.41) is 13.2. The number of ether oxygens (including phenoxy) is 1. The van der Waals surface area contributed by atoms with Crippen LogP contribution in [0.5, 0.6) is 5.75 Å². The Kier molecular flexibility index (Phi) is 6.16. The Morgan fingerprint density at radius 2 is 1.92 bits per heavy atom. The van der Waals surface area contributed by atoms with Crippen molar-refractivity contribution in [2.45, 2.75) is 20.3 Å². The van der Waals surface area contributed by atoms with Gasteiger partial charge in [-0.2, -0.15) is 5.10 Å². The van der Waals surface area contributed by atoms with Gasteiger partial charge in [-0.05, 0) is 36.2 Å². The van der Waals surface area contributed by atoms with E-state index in [4.69, 9.17) is 9.84 Å². The molecule has 7 heteroatoms. The molecule has 1 aromatic carbocycles. The molecule has 134 valence electrons. The summed E-state index contributed by atoms with van der Waals surface area (Å²) in [6, 6.07) is 8.96. The van der Waals surface area contributed by atoms with Crippen molar-refractivity contribution in [2.24, 2.45) is 5.92 Å². The van der Waals surface area contributed by atoms with Crippen LogP contribution >= 0.6 is 0 Å². The van der Waals surface area contributed by atoms with Crippen molar-refractivity contribution in [1.82, 2.24) is 14.7 Å². The van der Waals surface area contributed by atoms with Gasteiger partial charge in [-0.3, -0.25) is 9.59 Å². The van der Waals surface area contributed by atoms with E-state index in [9.17, 15) is 9.59 Å². The molecule has 2 rings (SSSR count). The van der Waals surface area contributed by atoms with E-state index >= 15 is 0 Å². The number of hydrogen-bond donors (Lipinski definition) is 1. The van der Waals surface area contributed by atoms with E-state index in [1.807, 2.05) is 38.1 Å². The number of amides is 1. The number of carboxylic acid groups (broad SMARTS) is 1. The van der Waals surface area contributed by atoms with Gasteiger partial charge in [0.25, 0.3) is 5.91 Å². The minimum Gasteiger partial charge on any atom is -0.497 e. The molecule has 1 N–H and O–H groups in total. The van der Waals surface area contributed by atoms with Gasteiger partial charge in [-0.15, -0.1) is 0 Å². The second-order valence-corrected chi connectivity index (χ2v) is 6.13. The van der Waals surface area contributed by atoms with E-state index in [1.165, 1.54) is 0 Å². The van der Waals surface area contributed by atoms with E-state index in [2.05, 4.69) is 5.10 Å². The summed E-state index contributed by atoms with van der Waals surface area (Å²) in [6.07, 6.45) is 1.62. The van der Waals surface area contributed by atoms with Crippen molar-refractivity contribution in [2.75, 3.05) is 20.2 Å². The molecule has 0 aliphatic rings. The molecule has 2 aromatic rings. The molecule has 0 spiro atoms. The average Bonchev–Trinajstić information content (AvgIpc) is 3.07. The zero-order valence-corrected chi connectivity index (χ0v) is 14.7. The van der Waals surface area contributed by atoms with Gasteiger partial charge in [-0.25, -0.2) is 4.68 Å². The molecule has 0 radical (unpaired) electrons. The maximum absolute atomic E-state index is 12.7. The van der Waals surface area contributed by atoms with Crippen molar-refractivity contribution in [3.63, 3.8) is 0 Å². The van der Waals surface area contributed by atoms with Crippen LogP contribution in [0.1, 0.15) is 30.8 Å². The summed E-state index contributed by atoms with van der Waals surface area (Å²) in [6.45, 7) is 4.62. The number of hydrogen-bond acceptors (Lipinski definition) is 4. The average molecular weight is 345 g/mol. The quantitative estimate of drug-likeness (QED) is 0.794. The van der Waals surface area contributed by atoms with Gasteiger partial charge in [0.15, 0.2) is 5.69 Å². The molecule has 0 fully saturated rings. The highest BCUT2D eigenvalue weighted by molar-refractivity contribution is 5.92. The molecular weight excluding hydrogens is 322 g/mol. The number of carbonyl (C=O) groups is 2. The highest BCUT2D eigenvalue weighted by Gasteiger charge is 2.20. The summed E-state index contributed by atoms with van der Waals surface area (Å²) in [7, 11) is 1.60. The molecule has 1 heterocycles. The van der Waals surface area contributed by atoms with Crippen LogP contribution in [0.15, 0.2) is 36.5 Å². The first-order chi connectivity index (χ1) is 11.9. The van der Waals surface area contributed by atoms with Gasteiger partial charge in [-0.1, -0.05) is 13.8 Å². The van der Waals surface area contributed by atoms with Crippen LogP contribution in [0.3, 0.4) is 0 Å². The fourth-order valence-electron chi connectivity index (χ4n) is 2.43. The van der Waals surface area contributed by atoms with Crippen LogP contribution in [0, 0.1) is 5.92 Å². The fraction of sp³-hybridized carbons (Fsp3) is 0.389. The molecule has 0 atom stereocenters. The molecular formula is C18H23N3O4. The molecule has 0 saturated carbocycles. The minimum absolute atomic E-state index is 0.0857. The highest BCUT2D eigenvalue weighted by atomic mass is 16.5. The number of carbonyl (C=O) groups excluding carboxylic acids is 1. The molecule has 1 aromatic heterocycles. The van der Waals surface area contributed by atoms with Gasteiger partial charge in [0, 0.05) is 19.3 Å². The monoisotopic (exact) mass is 345 g/mol. The highest BCUT2D eigenvalue weighted by Crippen LogP contribution is 2.15. The summed E-state index contributed by atoms with van der Waals surface area (Å²) < 4.78 is 6.73. The Morgan fingerprint density at radius 3 is 2.48 bits per heavy atom. The lowest BCUT2D eigenvalue weighted by Crippen LogP contribution is -2.36. The van der Waals surface area contributed by atoms with Crippen LogP contribution in [0.4, 0.5) is 0 Å². The van der Waals surface area contributed by atoms with Crippen molar-refractivity contribution in [1.29, 1.82) is 0 Å². The van der Waals surface area contributed by atoms with E-state index in [-0.39, 0.29) is 24.8 Å². The Bertz CT molecular complexity index is 722. The zero-order valence-electron chi connectivity index (χ0n) is 14.7. The molecule has 1 amide bonds. The van der Waals surface area contributed by atoms with Crippen LogP contribution in [0.25, 0.3) is 5.69 Å². The number of rotatable bonds is 8. The number of nitrogens with zero attached hydrogens (tertiary/aromatic N) is 3. The lowest BCUT2D eigenvalue weighted by atomic mass is 10.2. The number of benzene rings is 1. The molecule has 25 heavy (non-hydrogen) atoms. The number of aromatic nitrogens is 2. The summed E-state index contributed by atoms with van der Waals surface area (Å²) in [4.78, 5) is 25.0. The number of carboxylic acids is 1. The third-order valence-electron chi connectivity index (χ3n) is 3.61. The van der Waals surface area contributed by atoms with E-state index in [1.54, 1.807) is 29.0 Å². The molecule has 0 bridgehead atoms. The topological polar surface area (TPSA) is 84.7 Å². The molecule has 0 saturated heterocycles.